The molecule has 1 aliphatic heterocycles. The third kappa shape index (κ3) is 15.0. The molecule has 2 aromatic heterocycles. The number of thioether (sulfide) groups is 1. The van der Waals surface area contributed by atoms with Gasteiger partial charge >= 0.3 is 29.4 Å². The normalized spacial score (nSPS) is 21.6. The van der Waals surface area contributed by atoms with E-state index >= 15 is 0 Å². The Labute approximate surface area is 338 Å². The van der Waals surface area contributed by atoms with Crippen LogP contribution in [0.25, 0.3) is 11.2 Å². The summed E-state index contributed by atoms with van der Waals surface area (Å²) < 4.78 is 62.0. The standard InChI is InChI=1S/C28H44N7O20P3S/c1-4-14(36)9-15(26(41)42)27(43)59-8-7-30-17(37)5-6-31-24(40)21(39)28(2,3)11-52-58(49,50)55-57(47,48)51-10-16-20(54-56(44,45)46)19(38)25(53-16)35-13-34-18-22(29)32-12-33-23(18)35/h12-13,15-16,19-21,25,38-39H,4-11H2,1-3H3,(H,30,37)(H,31,40)(H,41,42)(H,47,48)(H,49,50)(H2,29,32,33)(H2,44,45,46)/t15-,16+,19+,20+,21-,25+/m0/s1. The minimum absolute atomic E-state index is 0.00363. The molecule has 11 N–H and O–H groups in total. The van der Waals surface area contributed by atoms with Gasteiger partial charge in [-0.15, -0.1) is 0 Å². The minimum atomic E-state index is -5.61. The number of ether oxygens (including phenoxy) is 1. The zero-order valence-electron chi connectivity index (χ0n) is 31.3. The fourth-order valence-electron chi connectivity index (χ4n) is 5.03. The largest absolute Gasteiger partial charge is 0.481 e. The van der Waals surface area contributed by atoms with Crippen LogP contribution in [0.1, 0.15) is 46.3 Å². The molecule has 1 saturated heterocycles. The predicted octanol–water partition coefficient (Wildman–Crippen LogP) is -1.27. The highest BCUT2D eigenvalue weighted by molar-refractivity contribution is 8.13. The molecule has 1 aliphatic rings. The molecular formula is C28H44N7O20P3S. The van der Waals surface area contributed by atoms with Crippen LogP contribution >= 0.6 is 35.2 Å². The van der Waals surface area contributed by atoms with E-state index in [1.54, 1.807) is 0 Å². The third-order valence-electron chi connectivity index (χ3n) is 8.15. The lowest BCUT2D eigenvalue weighted by Gasteiger charge is -2.30. The van der Waals surface area contributed by atoms with Crippen LogP contribution in [0.3, 0.4) is 0 Å². The number of carboxylic acid groups (broad SMARTS) is 1. The van der Waals surface area contributed by atoms with Crippen LogP contribution in [-0.2, 0) is 60.3 Å². The molecule has 8 atom stereocenters. The van der Waals surface area contributed by atoms with Crippen molar-refractivity contribution < 1.29 is 95.2 Å². The Morgan fingerprint density at radius 3 is 2.32 bits per heavy atom. The molecule has 1 fully saturated rings. The van der Waals surface area contributed by atoms with Gasteiger partial charge in [-0.1, -0.05) is 32.5 Å². The average molecular weight is 924 g/mol. The maximum atomic E-state index is 12.7. The highest BCUT2D eigenvalue weighted by Crippen LogP contribution is 2.61. The van der Waals surface area contributed by atoms with Gasteiger partial charge in [0, 0.05) is 43.5 Å². The number of nitrogens with one attached hydrogen (secondary N) is 2. The van der Waals surface area contributed by atoms with Gasteiger partial charge < -0.3 is 56.0 Å². The van der Waals surface area contributed by atoms with Gasteiger partial charge in [0.25, 0.3) is 0 Å². The van der Waals surface area contributed by atoms with Crippen molar-refractivity contribution in [3.63, 3.8) is 0 Å². The topological polar surface area (TPSA) is 418 Å². The summed E-state index contributed by atoms with van der Waals surface area (Å²) in [6.07, 6.45) is -7.61. The Bertz CT molecular complexity index is 2000. The van der Waals surface area contributed by atoms with E-state index in [-0.39, 0.29) is 48.7 Å². The fraction of sp³-hybridized carbons (Fsp3) is 0.643. The van der Waals surface area contributed by atoms with Crippen LogP contribution in [0, 0.1) is 11.3 Å². The highest BCUT2D eigenvalue weighted by atomic mass is 32.2. The van der Waals surface area contributed by atoms with Gasteiger partial charge in [0.15, 0.2) is 17.7 Å². The number of nitrogens with two attached hydrogens (primary N) is 1. The second kappa shape index (κ2) is 21.0. The second-order valence-electron chi connectivity index (χ2n) is 13.2. The lowest BCUT2D eigenvalue weighted by Crippen LogP contribution is -2.46. The van der Waals surface area contributed by atoms with Gasteiger partial charge in [0.1, 0.15) is 48.0 Å². The maximum absolute atomic E-state index is 12.7. The second-order valence-corrected chi connectivity index (χ2v) is 18.6. The first-order chi connectivity index (χ1) is 27.3. The number of anilines is 1. The number of nitrogens with zero attached hydrogens (tertiary/aromatic N) is 4. The molecule has 2 amide bonds. The van der Waals surface area contributed by atoms with E-state index < -0.39 is 114 Å². The molecule has 0 saturated carbocycles. The van der Waals surface area contributed by atoms with Gasteiger partial charge in [0.2, 0.25) is 16.9 Å². The van der Waals surface area contributed by atoms with Crippen LogP contribution in [0.15, 0.2) is 12.7 Å². The van der Waals surface area contributed by atoms with Gasteiger partial charge in [0.05, 0.1) is 19.5 Å². The lowest BCUT2D eigenvalue weighted by molar-refractivity contribution is -0.146. The first kappa shape index (κ1) is 50.1. The fourth-order valence-corrected chi connectivity index (χ4v) is 8.65. The summed E-state index contributed by atoms with van der Waals surface area (Å²) in [4.78, 5) is 111. The number of aromatic nitrogens is 4. The zero-order valence-corrected chi connectivity index (χ0v) is 34.8. The Balaban J connectivity index is 1.47. The molecule has 2 aromatic rings. The number of amides is 2. The molecule has 0 aliphatic carbocycles. The first-order valence-corrected chi connectivity index (χ1v) is 22.6. The number of phosphoric ester groups is 3. The van der Waals surface area contributed by atoms with Gasteiger partial charge in [-0.3, -0.25) is 42.1 Å². The number of carbonyl (C=O) groups excluding carboxylic acids is 4. The monoisotopic (exact) mass is 923 g/mol. The quantitative estimate of drug-likeness (QED) is 0.0333. The Morgan fingerprint density at radius 2 is 1.69 bits per heavy atom. The number of aliphatic hydroxyl groups excluding tert-OH is 2. The number of carboxylic acids is 1. The number of hydrogen-bond acceptors (Lipinski definition) is 20. The van der Waals surface area contributed by atoms with Crippen molar-refractivity contribution in [1.82, 2.24) is 30.2 Å². The van der Waals surface area contributed by atoms with Crippen LogP contribution < -0.4 is 16.4 Å². The van der Waals surface area contributed by atoms with E-state index in [1.165, 1.54) is 20.8 Å². The van der Waals surface area contributed by atoms with E-state index in [2.05, 4.69) is 34.4 Å². The molecule has 332 valence electrons. The van der Waals surface area contributed by atoms with Crippen molar-refractivity contribution in [2.24, 2.45) is 11.3 Å². The molecular weight excluding hydrogens is 879 g/mol. The van der Waals surface area contributed by atoms with Crippen molar-refractivity contribution in [1.29, 1.82) is 0 Å². The van der Waals surface area contributed by atoms with E-state index in [0.717, 1.165) is 17.2 Å². The summed E-state index contributed by atoms with van der Waals surface area (Å²) in [7, 11) is -16.5. The number of carbonyl (C=O) groups is 5. The lowest BCUT2D eigenvalue weighted by atomic mass is 9.87. The molecule has 3 rings (SSSR count). The Morgan fingerprint density at radius 1 is 1.03 bits per heavy atom. The van der Waals surface area contributed by atoms with E-state index in [1.807, 2.05) is 0 Å². The summed E-state index contributed by atoms with van der Waals surface area (Å²) in [6, 6.07) is 0. The number of rotatable bonds is 24. The van der Waals surface area contributed by atoms with Crippen molar-refractivity contribution >= 4 is 80.9 Å². The van der Waals surface area contributed by atoms with Crippen LogP contribution in [0.5, 0.6) is 0 Å². The van der Waals surface area contributed by atoms with Crippen molar-refractivity contribution in [3.05, 3.63) is 12.7 Å². The summed E-state index contributed by atoms with van der Waals surface area (Å²) in [5.74, 6) is -5.05. The van der Waals surface area contributed by atoms with Crippen molar-refractivity contribution in [2.45, 2.75) is 70.7 Å². The molecule has 3 heterocycles. The summed E-state index contributed by atoms with van der Waals surface area (Å²) in [5.41, 5.74) is 4.15. The molecule has 0 spiro atoms. The molecule has 31 heteroatoms. The van der Waals surface area contributed by atoms with Gasteiger partial charge in [-0.25, -0.2) is 28.6 Å². The zero-order chi connectivity index (χ0) is 44.5. The first-order valence-electron chi connectivity index (χ1n) is 17.1. The predicted molar refractivity (Wildman–Crippen MR) is 198 cm³/mol. The highest BCUT2D eigenvalue weighted by Gasteiger charge is 2.50. The number of Topliss-reactive ketones (excluding diaryl/α,β-unsaturated/α-hetero) is 1. The number of fused-ring (bicyclic) bond motifs is 1. The van der Waals surface area contributed by atoms with Gasteiger partial charge in [-0.05, 0) is 0 Å². The average Bonchev–Trinajstić information content (AvgIpc) is 3.69. The Hall–Kier alpha value is -3.30. The summed E-state index contributed by atoms with van der Waals surface area (Å²) in [5, 5.41) is 34.6. The molecule has 59 heavy (non-hydrogen) atoms. The molecule has 0 radical (unpaired) electrons. The number of aliphatic hydroxyl groups is 2. The number of phosphoric acid groups is 3. The summed E-state index contributed by atoms with van der Waals surface area (Å²) >= 11 is 0.626. The van der Waals surface area contributed by atoms with E-state index in [0.29, 0.717) is 11.8 Å². The molecule has 2 unspecified atom stereocenters. The number of aliphatic carboxylic acids is 1. The van der Waals surface area contributed by atoms with Crippen molar-refractivity contribution in [2.75, 3.05) is 37.8 Å². The number of imidazole rings is 1. The van der Waals surface area contributed by atoms with Crippen LogP contribution in [-0.4, -0.2) is 140 Å². The SMILES string of the molecule is CCC(=O)C[C@@H](C(=O)O)C(=O)SCCNC(=O)CCNC(=O)[C@H](O)C(C)(C)COP(=O)(O)OP(=O)(O)OC[C@H]1O[C@@H](n2cnc3c(N)ncnc32)[C@H](O)[C@@H]1OP(=O)(O)O. The van der Waals surface area contributed by atoms with E-state index in [4.69, 9.17) is 19.5 Å². The Kier molecular flexibility index (Phi) is 17.8. The van der Waals surface area contributed by atoms with Crippen molar-refractivity contribution in [3.8, 4) is 0 Å². The third-order valence-corrected chi connectivity index (χ3v) is 12.2. The number of hydrogen-bond donors (Lipinski definition) is 10. The molecule has 0 bridgehead atoms. The molecule has 27 nitrogen and oxygen atoms in total. The van der Waals surface area contributed by atoms with E-state index in [9.17, 15) is 72.6 Å². The smallest absolute Gasteiger partial charge is 0.481 e. The molecule has 0 aromatic carbocycles. The minimum Gasteiger partial charge on any atom is -0.481 e. The number of ketones is 1. The van der Waals surface area contributed by atoms with Crippen LogP contribution in [0.4, 0.5) is 5.82 Å². The summed E-state index contributed by atoms with van der Waals surface area (Å²) in [6.45, 7) is 1.48. The number of nitrogen functional groups attached to an aromatic ring is 1. The van der Waals surface area contributed by atoms with Gasteiger partial charge in [-0.2, -0.15) is 4.31 Å². The van der Waals surface area contributed by atoms with Crippen LogP contribution in [0.2, 0.25) is 0 Å². The maximum Gasteiger partial charge on any atom is 0.481 e.